The van der Waals surface area contributed by atoms with Gasteiger partial charge in [0.15, 0.2) is 0 Å². The second-order valence-corrected chi connectivity index (χ2v) is 4.98. The van der Waals surface area contributed by atoms with Crippen LogP contribution in [0.1, 0.15) is 23.4 Å². The van der Waals surface area contributed by atoms with E-state index < -0.39 is 0 Å². The van der Waals surface area contributed by atoms with Crippen molar-refractivity contribution in [1.82, 2.24) is 5.32 Å². The molecule has 2 aromatic rings. The van der Waals surface area contributed by atoms with Gasteiger partial charge in [0.2, 0.25) is 0 Å². The second kappa shape index (κ2) is 5.84. The van der Waals surface area contributed by atoms with Crippen LogP contribution in [-0.2, 0) is 6.61 Å². The molecule has 0 saturated carbocycles. The zero-order chi connectivity index (χ0) is 12.1. The molecule has 0 aliphatic rings. The number of benzene rings is 1. The number of ether oxygens (including phenoxy) is 1. The van der Waals surface area contributed by atoms with Crippen molar-refractivity contribution in [1.29, 1.82) is 0 Å². The van der Waals surface area contributed by atoms with E-state index in [4.69, 9.17) is 4.74 Å². The lowest BCUT2D eigenvalue weighted by atomic mass is 10.1. The van der Waals surface area contributed by atoms with Crippen molar-refractivity contribution in [2.45, 2.75) is 19.6 Å². The zero-order valence-electron chi connectivity index (χ0n) is 10.1. The molecule has 1 aromatic carbocycles. The molecule has 0 amide bonds. The highest BCUT2D eigenvalue weighted by molar-refractivity contribution is 7.09. The van der Waals surface area contributed by atoms with Gasteiger partial charge in [0.05, 0.1) is 0 Å². The van der Waals surface area contributed by atoms with Gasteiger partial charge in [0.1, 0.15) is 12.4 Å². The molecule has 0 bridgehead atoms. The van der Waals surface area contributed by atoms with E-state index in [2.05, 4.69) is 35.8 Å². The van der Waals surface area contributed by atoms with Gasteiger partial charge in [-0.25, -0.2) is 0 Å². The molecular weight excluding hydrogens is 230 g/mol. The first kappa shape index (κ1) is 12.1. The minimum absolute atomic E-state index is 0.347. The molecule has 0 aliphatic heterocycles. The highest BCUT2D eigenvalue weighted by Gasteiger charge is 2.03. The summed E-state index contributed by atoms with van der Waals surface area (Å²) in [6.45, 7) is 2.79. The van der Waals surface area contributed by atoms with Crippen LogP contribution in [0.4, 0.5) is 0 Å². The monoisotopic (exact) mass is 247 g/mol. The fourth-order valence-corrected chi connectivity index (χ4v) is 2.21. The molecule has 1 atom stereocenters. The van der Waals surface area contributed by atoms with E-state index in [-0.39, 0.29) is 0 Å². The molecule has 1 N–H and O–H groups in total. The Hall–Kier alpha value is -1.32. The Bertz CT molecular complexity index is 453. The van der Waals surface area contributed by atoms with Gasteiger partial charge in [0.25, 0.3) is 0 Å². The lowest BCUT2D eigenvalue weighted by Crippen LogP contribution is -2.12. The third kappa shape index (κ3) is 3.32. The van der Waals surface area contributed by atoms with Gasteiger partial charge < -0.3 is 10.1 Å². The highest BCUT2D eigenvalue weighted by Crippen LogP contribution is 2.20. The standard InChI is InChI=1S/C14H17NOS/c1-11(15-2)12-5-3-6-13(9-12)16-10-14-7-4-8-17-14/h3-9,11,15H,10H2,1-2H3. The number of thiophene rings is 1. The molecule has 1 heterocycles. The van der Waals surface area contributed by atoms with E-state index >= 15 is 0 Å². The van der Waals surface area contributed by atoms with E-state index in [1.807, 2.05) is 25.2 Å². The molecule has 0 spiro atoms. The first-order valence-electron chi connectivity index (χ1n) is 5.72. The summed E-state index contributed by atoms with van der Waals surface area (Å²) >= 11 is 1.72. The average molecular weight is 247 g/mol. The van der Waals surface area contributed by atoms with Crippen LogP contribution in [-0.4, -0.2) is 7.05 Å². The van der Waals surface area contributed by atoms with E-state index in [1.54, 1.807) is 11.3 Å². The van der Waals surface area contributed by atoms with E-state index in [0.29, 0.717) is 12.6 Å². The molecule has 2 rings (SSSR count). The van der Waals surface area contributed by atoms with Crippen LogP contribution < -0.4 is 10.1 Å². The first-order chi connectivity index (χ1) is 8.29. The largest absolute Gasteiger partial charge is 0.488 e. The van der Waals surface area contributed by atoms with Crippen molar-refractivity contribution in [2.24, 2.45) is 0 Å². The van der Waals surface area contributed by atoms with Crippen molar-refractivity contribution in [3.8, 4) is 5.75 Å². The minimum Gasteiger partial charge on any atom is -0.488 e. The van der Waals surface area contributed by atoms with Crippen molar-refractivity contribution >= 4 is 11.3 Å². The van der Waals surface area contributed by atoms with Gasteiger partial charge in [-0.3, -0.25) is 0 Å². The fourth-order valence-electron chi connectivity index (χ4n) is 1.59. The number of nitrogens with one attached hydrogen (secondary N) is 1. The Morgan fingerprint density at radius 2 is 2.18 bits per heavy atom. The number of hydrogen-bond donors (Lipinski definition) is 1. The summed E-state index contributed by atoms with van der Waals surface area (Å²) in [5, 5.41) is 5.29. The minimum atomic E-state index is 0.347. The van der Waals surface area contributed by atoms with Gasteiger partial charge in [0, 0.05) is 10.9 Å². The number of hydrogen-bond acceptors (Lipinski definition) is 3. The SMILES string of the molecule is CNC(C)c1cccc(OCc2cccs2)c1. The van der Waals surface area contributed by atoms with Crippen molar-refractivity contribution in [3.05, 3.63) is 52.2 Å². The predicted molar refractivity (Wildman–Crippen MR) is 72.6 cm³/mol. The third-order valence-electron chi connectivity index (χ3n) is 2.75. The molecule has 0 radical (unpaired) electrons. The number of rotatable bonds is 5. The summed E-state index contributed by atoms with van der Waals surface area (Å²) in [5.74, 6) is 0.929. The van der Waals surface area contributed by atoms with E-state index in [1.165, 1.54) is 10.4 Å². The van der Waals surface area contributed by atoms with Gasteiger partial charge in [-0.05, 0) is 43.1 Å². The van der Waals surface area contributed by atoms with Gasteiger partial charge in [-0.2, -0.15) is 0 Å². The summed E-state index contributed by atoms with van der Waals surface area (Å²) in [6.07, 6.45) is 0. The quantitative estimate of drug-likeness (QED) is 0.871. The van der Waals surface area contributed by atoms with Crippen LogP contribution in [0.25, 0.3) is 0 Å². The molecule has 2 nitrogen and oxygen atoms in total. The smallest absolute Gasteiger partial charge is 0.122 e. The maximum Gasteiger partial charge on any atom is 0.122 e. The topological polar surface area (TPSA) is 21.3 Å². The van der Waals surface area contributed by atoms with Gasteiger partial charge >= 0.3 is 0 Å². The normalized spacial score (nSPS) is 12.4. The highest BCUT2D eigenvalue weighted by atomic mass is 32.1. The van der Waals surface area contributed by atoms with Gasteiger partial charge in [-0.15, -0.1) is 11.3 Å². The first-order valence-corrected chi connectivity index (χ1v) is 6.60. The molecule has 0 saturated heterocycles. The Balaban J connectivity index is 2.01. The Kier molecular flexibility index (Phi) is 4.18. The molecule has 17 heavy (non-hydrogen) atoms. The lowest BCUT2D eigenvalue weighted by molar-refractivity contribution is 0.309. The Morgan fingerprint density at radius 3 is 2.88 bits per heavy atom. The summed E-state index contributed by atoms with van der Waals surface area (Å²) in [4.78, 5) is 1.25. The van der Waals surface area contributed by atoms with Crippen molar-refractivity contribution in [3.63, 3.8) is 0 Å². The van der Waals surface area contributed by atoms with E-state index in [0.717, 1.165) is 5.75 Å². The van der Waals surface area contributed by atoms with Gasteiger partial charge in [-0.1, -0.05) is 18.2 Å². The fraction of sp³-hybridized carbons (Fsp3) is 0.286. The molecule has 3 heteroatoms. The van der Waals surface area contributed by atoms with Crippen LogP contribution in [0.3, 0.4) is 0 Å². The summed E-state index contributed by atoms with van der Waals surface area (Å²) < 4.78 is 5.77. The summed E-state index contributed by atoms with van der Waals surface area (Å²) in [6, 6.07) is 12.7. The van der Waals surface area contributed by atoms with Crippen molar-refractivity contribution < 1.29 is 4.74 Å². The summed E-state index contributed by atoms with van der Waals surface area (Å²) in [7, 11) is 1.96. The Labute approximate surface area is 106 Å². The predicted octanol–water partition coefficient (Wildman–Crippen LogP) is 3.61. The Morgan fingerprint density at radius 1 is 1.29 bits per heavy atom. The molecule has 0 fully saturated rings. The van der Waals surface area contributed by atoms with Crippen LogP contribution in [0.5, 0.6) is 5.75 Å². The maximum absolute atomic E-state index is 5.77. The van der Waals surface area contributed by atoms with Crippen molar-refractivity contribution in [2.75, 3.05) is 7.05 Å². The second-order valence-electron chi connectivity index (χ2n) is 3.95. The average Bonchev–Trinajstić information content (AvgIpc) is 2.89. The lowest BCUT2D eigenvalue weighted by Gasteiger charge is -2.12. The van der Waals surface area contributed by atoms with Crippen LogP contribution in [0.2, 0.25) is 0 Å². The third-order valence-corrected chi connectivity index (χ3v) is 3.60. The molecule has 0 aliphatic carbocycles. The molecule has 90 valence electrons. The van der Waals surface area contributed by atoms with E-state index in [9.17, 15) is 0 Å². The van der Waals surface area contributed by atoms with Crippen LogP contribution in [0, 0.1) is 0 Å². The van der Waals surface area contributed by atoms with Crippen LogP contribution >= 0.6 is 11.3 Å². The molecule has 1 aromatic heterocycles. The van der Waals surface area contributed by atoms with Crippen LogP contribution in [0.15, 0.2) is 41.8 Å². The molecule has 1 unspecified atom stereocenters. The molecular formula is C14H17NOS. The summed E-state index contributed by atoms with van der Waals surface area (Å²) in [5.41, 5.74) is 1.25. The maximum atomic E-state index is 5.77. The zero-order valence-corrected chi connectivity index (χ0v) is 11.0.